The Balaban J connectivity index is 2.44. The molecule has 1 aromatic carbocycles. The molecule has 6 heteroatoms. The van der Waals surface area contributed by atoms with Crippen molar-refractivity contribution in [2.75, 3.05) is 32.5 Å². The summed E-state index contributed by atoms with van der Waals surface area (Å²) in [6.45, 7) is 2.82. The number of aromatic carboxylic acids is 1. The zero-order valence-corrected chi connectivity index (χ0v) is 11.4. The lowest BCUT2D eigenvalue weighted by Gasteiger charge is -2.13. The fraction of sp³-hybridized carbons (Fsp3) is 0.385. The highest BCUT2D eigenvalue weighted by Crippen LogP contribution is 2.14. The first-order valence-electron chi connectivity index (χ1n) is 5.95. The van der Waals surface area contributed by atoms with Crippen molar-refractivity contribution < 1.29 is 14.7 Å². The Morgan fingerprint density at radius 2 is 1.95 bits per heavy atom. The van der Waals surface area contributed by atoms with Gasteiger partial charge in [-0.25, -0.2) is 9.59 Å². The Kier molecular flexibility index (Phi) is 5.17. The average molecular weight is 265 g/mol. The normalized spacial score (nSPS) is 9.84. The van der Waals surface area contributed by atoms with E-state index in [0.717, 1.165) is 5.69 Å². The fourth-order valence-corrected chi connectivity index (χ4v) is 1.55. The number of carbonyl (C=O) groups is 2. The van der Waals surface area contributed by atoms with Gasteiger partial charge in [-0.05, 0) is 30.7 Å². The minimum absolute atomic E-state index is 0.140. The number of urea groups is 1. The molecule has 0 aliphatic rings. The number of carbonyl (C=O) groups excluding carboxylic acids is 1. The van der Waals surface area contributed by atoms with Gasteiger partial charge in [0.1, 0.15) is 0 Å². The predicted molar refractivity (Wildman–Crippen MR) is 73.7 cm³/mol. The summed E-state index contributed by atoms with van der Waals surface area (Å²) in [5, 5.41) is 14.8. The second-order valence-electron chi connectivity index (χ2n) is 4.39. The third-order valence-corrected chi connectivity index (χ3v) is 2.59. The van der Waals surface area contributed by atoms with Crippen molar-refractivity contribution in [1.82, 2.24) is 10.2 Å². The van der Waals surface area contributed by atoms with E-state index in [4.69, 9.17) is 5.11 Å². The van der Waals surface area contributed by atoms with E-state index in [-0.39, 0.29) is 6.03 Å². The number of aryl methyl sites for hydroxylation is 1. The monoisotopic (exact) mass is 265 g/mol. The summed E-state index contributed by atoms with van der Waals surface area (Å²) in [5.74, 6) is -0.928. The van der Waals surface area contributed by atoms with Gasteiger partial charge >= 0.3 is 12.0 Å². The molecule has 0 heterocycles. The number of nitrogens with one attached hydrogen (secondary N) is 2. The standard InChI is InChI=1S/C13H19N3O3/c1-9-8-10(4-5-11(9)12(17)18)14-6-7-15-13(19)16(2)3/h4-5,8,14H,6-7H2,1-3H3,(H,15,19)(H,17,18). The number of nitrogens with zero attached hydrogens (tertiary/aromatic N) is 1. The summed E-state index contributed by atoms with van der Waals surface area (Å²) < 4.78 is 0. The number of rotatable bonds is 5. The number of carboxylic acids is 1. The molecule has 104 valence electrons. The molecule has 0 bridgehead atoms. The number of amides is 2. The van der Waals surface area contributed by atoms with Crippen molar-refractivity contribution in [3.05, 3.63) is 29.3 Å². The second-order valence-corrected chi connectivity index (χ2v) is 4.39. The van der Waals surface area contributed by atoms with Crippen LogP contribution in [0.3, 0.4) is 0 Å². The minimum atomic E-state index is -0.928. The average Bonchev–Trinajstić information content (AvgIpc) is 2.33. The third-order valence-electron chi connectivity index (χ3n) is 2.59. The second kappa shape index (κ2) is 6.63. The fourth-order valence-electron chi connectivity index (χ4n) is 1.55. The van der Waals surface area contributed by atoms with Crippen LogP contribution >= 0.6 is 0 Å². The summed E-state index contributed by atoms with van der Waals surface area (Å²) in [6, 6.07) is 4.92. The third kappa shape index (κ3) is 4.50. The maximum atomic E-state index is 11.2. The minimum Gasteiger partial charge on any atom is -0.478 e. The van der Waals surface area contributed by atoms with Gasteiger partial charge in [0, 0.05) is 32.9 Å². The number of carboxylic acid groups (broad SMARTS) is 1. The predicted octanol–water partition coefficient (Wildman–Crippen LogP) is 1.38. The molecular weight excluding hydrogens is 246 g/mol. The van der Waals surface area contributed by atoms with Crippen LogP contribution in [-0.2, 0) is 0 Å². The van der Waals surface area contributed by atoms with Crippen molar-refractivity contribution in [2.24, 2.45) is 0 Å². The molecule has 0 unspecified atom stereocenters. The number of hydrogen-bond donors (Lipinski definition) is 3. The Labute approximate surface area is 112 Å². The van der Waals surface area contributed by atoms with Crippen LogP contribution < -0.4 is 10.6 Å². The van der Waals surface area contributed by atoms with Crippen molar-refractivity contribution in [3.63, 3.8) is 0 Å². The molecule has 2 amide bonds. The SMILES string of the molecule is Cc1cc(NCCNC(=O)N(C)C)ccc1C(=O)O. The highest BCUT2D eigenvalue weighted by molar-refractivity contribution is 5.89. The van der Waals surface area contributed by atoms with E-state index in [2.05, 4.69) is 10.6 Å². The van der Waals surface area contributed by atoms with Gasteiger partial charge in [-0.2, -0.15) is 0 Å². The Bertz CT molecular complexity index is 472. The zero-order valence-electron chi connectivity index (χ0n) is 11.4. The molecule has 0 aliphatic heterocycles. The molecule has 0 aliphatic carbocycles. The topological polar surface area (TPSA) is 81.7 Å². The van der Waals surface area contributed by atoms with Crippen LogP contribution in [0.5, 0.6) is 0 Å². The van der Waals surface area contributed by atoms with Gasteiger partial charge in [0.25, 0.3) is 0 Å². The first-order valence-corrected chi connectivity index (χ1v) is 5.95. The molecule has 0 atom stereocenters. The smallest absolute Gasteiger partial charge is 0.335 e. The van der Waals surface area contributed by atoms with Gasteiger partial charge in [0.15, 0.2) is 0 Å². The zero-order chi connectivity index (χ0) is 14.4. The van der Waals surface area contributed by atoms with Crippen LogP contribution in [0.25, 0.3) is 0 Å². The lowest BCUT2D eigenvalue weighted by Crippen LogP contribution is -2.37. The largest absolute Gasteiger partial charge is 0.478 e. The molecule has 1 rings (SSSR count). The van der Waals surface area contributed by atoms with Crippen LogP contribution in [0.1, 0.15) is 15.9 Å². The molecule has 19 heavy (non-hydrogen) atoms. The van der Waals surface area contributed by atoms with Gasteiger partial charge in [-0.3, -0.25) is 0 Å². The van der Waals surface area contributed by atoms with Crippen molar-refractivity contribution in [2.45, 2.75) is 6.92 Å². The van der Waals surface area contributed by atoms with E-state index in [1.54, 1.807) is 39.2 Å². The van der Waals surface area contributed by atoms with E-state index in [9.17, 15) is 9.59 Å². The highest BCUT2D eigenvalue weighted by atomic mass is 16.4. The van der Waals surface area contributed by atoms with E-state index in [0.29, 0.717) is 24.2 Å². The summed E-state index contributed by atoms with van der Waals surface area (Å²) in [4.78, 5) is 23.6. The van der Waals surface area contributed by atoms with Crippen LogP contribution in [0.4, 0.5) is 10.5 Å². The van der Waals surface area contributed by atoms with Crippen molar-refractivity contribution in [1.29, 1.82) is 0 Å². The van der Waals surface area contributed by atoms with Crippen LogP contribution in [0, 0.1) is 6.92 Å². The molecule has 0 saturated carbocycles. The first kappa shape index (κ1) is 14.8. The molecule has 0 saturated heterocycles. The summed E-state index contributed by atoms with van der Waals surface area (Å²) in [7, 11) is 3.35. The van der Waals surface area contributed by atoms with Gasteiger partial charge in [0.05, 0.1) is 5.56 Å². The first-order chi connectivity index (χ1) is 8.91. The molecule has 0 aromatic heterocycles. The van der Waals surface area contributed by atoms with Gasteiger partial charge in [-0.15, -0.1) is 0 Å². The van der Waals surface area contributed by atoms with Crippen LogP contribution in [-0.4, -0.2) is 49.2 Å². The van der Waals surface area contributed by atoms with Gasteiger partial charge in [0.2, 0.25) is 0 Å². The van der Waals surface area contributed by atoms with Crippen molar-refractivity contribution >= 4 is 17.7 Å². The van der Waals surface area contributed by atoms with Crippen LogP contribution in [0.2, 0.25) is 0 Å². The summed E-state index contributed by atoms with van der Waals surface area (Å²) in [5.41, 5.74) is 1.84. The van der Waals surface area contributed by atoms with Crippen molar-refractivity contribution in [3.8, 4) is 0 Å². The quantitative estimate of drug-likeness (QED) is 0.702. The number of hydrogen-bond acceptors (Lipinski definition) is 3. The van der Waals surface area contributed by atoms with E-state index in [1.165, 1.54) is 4.90 Å². The molecular formula is C13H19N3O3. The van der Waals surface area contributed by atoms with Gasteiger partial charge in [-0.1, -0.05) is 0 Å². The van der Waals surface area contributed by atoms with Gasteiger partial charge < -0.3 is 20.6 Å². The molecule has 0 radical (unpaired) electrons. The lowest BCUT2D eigenvalue weighted by atomic mass is 10.1. The Morgan fingerprint density at radius 1 is 1.26 bits per heavy atom. The molecule has 3 N–H and O–H groups in total. The van der Waals surface area contributed by atoms with Crippen LogP contribution in [0.15, 0.2) is 18.2 Å². The lowest BCUT2D eigenvalue weighted by molar-refractivity contribution is 0.0696. The molecule has 6 nitrogen and oxygen atoms in total. The maximum Gasteiger partial charge on any atom is 0.335 e. The Morgan fingerprint density at radius 3 is 2.47 bits per heavy atom. The van der Waals surface area contributed by atoms with E-state index >= 15 is 0 Å². The number of benzene rings is 1. The maximum absolute atomic E-state index is 11.2. The highest BCUT2D eigenvalue weighted by Gasteiger charge is 2.07. The molecule has 0 fully saturated rings. The van der Waals surface area contributed by atoms with E-state index in [1.807, 2.05) is 0 Å². The Hall–Kier alpha value is -2.24. The molecule has 1 aromatic rings. The molecule has 0 spiro atoms. The van der Waals surface area contributed by atoms with E-state index < -0.39 is 5.97 Å². The summed E-state index contributed by atoms with van der Waals surface area (Å²) >= 11 is 0. The summed E-state index contributed by atoms with van der Waals surface area (Å²) in [6.07, 6.45) is 0. The number of anilines is 1.